The summed E-state index contributed by atoms with van der Waals surface area (Å²) >= 11 is 4.37. The highest BCUT2D eigenvalue weighted by Crippen LogP contribution is 2.23. The van der Waals surface area contributed by atoms with Gasteiger partial charge in [0, 0.05) is 11.1 Å². The van der Waals surface area contributed by atoms with Crippen LogP contribution in [-0.2, 0) is 0 Å². The Balaban J connectivity index is 1.86. The van der Waals surface area contributed by atoms with Crippen LogP contribution < -0.4 is 0 Å². The Labute approximate surface area is 149 Å². The number of aliphatic imine (C=N–C) groups is 1. The number of benzene rings is 3. The molecule has 0 aliphatic heterocycles. The molecule has 1 nitrogen and oxygen atoms in total. The third-order valence-corrected chi connectivity index (χ3v) is 3.61. The molecule has 0 aromatic heterocycles. The average Bonchev–Trinajstić information content (AvgIpc) is 2.64. The second-order valence-corrected chi connectivity index (χ2v) is 5.37. The highest BCUT2D eigenvalue weighted by molar-refractivity contribution is 7.78. The van der Waals surface area contributed by atoms with Crippen molar-refractivity contribution in [2.45, 2.75) is 0 Å². The van der Waals surface area contributed by atoms with Crippen LogP contribution in [0.4, 0.5) is 14.5 Å². The average molecular weight is 347 g/mol. The molecule has 0 heterocycles. The van der Waals surface area contributed by atoms with E-state index in [0.29, 0.717) is 0 Å². The second-order valence-electron chi connectivity index (χ2n) is 5.18. The Morgan fingerprint density at radius 2 is 1.28 bits per heavy atom. The van der Waals surface area contributed by atoms with Crippen LogP contribution >= 0.6 is 12.2 Å². The van der Waals surface area contributed by atoms with Crippen molar-refractivity contribution in [3.05, 3.63) is 89.5 Å². The summed E-state index contributed by atoms with van der Waals surface area (Å²) in [7, 11) is 0. The number of thiocarbonyl (C=S) groups is 1. The van der Waals surface area contributed by atoms with Crippen molar-refractivity contribution in [1.82, 2.24) is 0 Å². The quantitative estimate of drug-likeness (QED) is 0.326. The maximum Gasteiger partial charge on any atom is 0.153 e. The Hall–Kier alpha value is -3.12. The Morgan fingerprint density at radius 3 is 1.88 bits per heavy atom. The van der Waals surface area contributed by atoms with Crippen molar-refractivity contribution in [2.24, 2.45) is 4.99 Å². The first-order chi connectivity index (χ1) is 12.2. The molecule has 0 N–H and O–H groups in total. The van der Waals surface area contributed by atoms with Gasteiger partial charge in [0.2, 0.25) is 0 Å². The highest BCUT2D eigenvalue weighted by Gasteiger charge is 2.09. The monoisotopic (exact) mass is 347 g/mol. The molecule has 0 spiro atoms. The van der Waals surface area contributed by atoms with Crippen LogP contribution in [0.25, 0.3) is 11.1 Å². The first-order valence-corrected chi connectivity index (χ1v) is 7.82. The normalized spacial score (nSPS) is 9.68. The molecule has 0 saturated carbocycles. The van der Waals surface area contributed by atoms with Gasteiger partial charge >= 0.3 is 0 Å². The van der Waals surface area contributed by atoms with Crippen LogP contribution in [0.3, 0.4) is 0 Å². The van der Waals surface area contributed by atoms with Gasteiger partial charge in [-0.3, -0.25) is 0 Å². The van der Waals surface area contributed by atoms with E-state index in [1.165, 1.54) is 0 Å². The SMILES string of the molecule is Fc1cc(C#Cc2ccc(-c3ccccc3)cc2)cc(F)c1N=C=S. The van der Waals surface area contributed by atoms with Crippen LogP contribution in [0.15, 0.2) is 71.7 Å². The third-order valence-electron chi connectivity index (χ3n) is 3.52. The lowest BCUT2D eigenvalue weighted by Gasteiger charge is -2.01. The molecule has 120 valence electrons. The third kappa shape index (κ3) is 4.05. The van der Waals surface area contributed by atoms with Gasteiger partial charge in [0.25, 0.3) is 0 Å². The first-order valence-electron chi connectivity index (χ1n) is 7.42. The number of nitrogens with zero attached hydrogens (tertiary/aromatic N) is 1. The zero-order valence-electron chi connectivity index (χ0n) is 13.0. The Morgan fingerprint density at radius 1 is 0.720 bits per heavy atom. The molecule has 0 aliphatic carbocycles. The summed E-state index contributed by atoms with van der Waals surface area (Å²) in [5.41, 5.74) is 2.71. The van der Waals surface area contributed by atoms with Crippen LogP contribution in [-0.4, -0.2) is 5.16 Å². The number of hydrogen-bond donors (Lipinski definition) is 0. The summed E-state index contributed by atoms with van der Waals surface area (Å²) in [6, 6.07) is 19.9. The van der Waals surface area contributed by atoms with Crippen molar-refractivity contribution >= 4 is 23.1 Å². The van der Waals surface area contributed by atoms with Gasteiger partial charge in [-0.25, -0.2) is 8.78 Å². The second kappa shape index (κ2) is 7.63. The van der Waals surface area contributed by atoms with Gasteiger partial charge in [-0.05, 0) is 47.6 Å². The van der Waals surface area contributed by atoms with Crippen LogP contribution in [0, 0.1) is 23.5 Å². The standard InChI is InChI=1S/C21H11F2NS/c22-19-12-16(13-20(23)21(19)24-14-25)7-6-15-8-10-18(11-9-15)17-4-2-1-3-5-17/h1-5,8-13H. The molecule has 0 aliphatic rings. The fourth-order valence-corrected chi connectivity index (χ4v) is 2.40. The minimum absolute atomic E-state index is 0.227. The number of halogens is 2. The van der Waals surface area contributed by atoms with E-state index < -0.39 is 17.3 Å². The van der Waals surface area contributed by atoms with E-state index in [2.05, 4.69) is 29.1 Å². The van der Waals surface area contributed by atoms with Gasteiger partial charge in [0.05, 0.1) is 5.16 Å². The minimum Gasteiger partial charge on any atom is -0.204 e. The maximum absolute atomic E-state index is 13.8. The van der Waals surface area contributed by atoms with Gasteiger partial charge < -0.3 is 0 Å². The molecule has 3 aromatic carbocycles. The van der Waals surface area contributed by atoms with Gasteiger partial charge in [-0.1, -0.05) is 54.3 Å². The zero-order valence-corrected chi connectivity index (χ0v) is 13.8. The first kappa shape index (κ1) is 16.7. The fourth-order valence-electron chi connectivity index (χ4n) is 2.31. The molecule has 0 radical (unpaired) electrons. The van der Waals surface area contributed by atoms with Crippen molar-refractivity contribution in [2.75, 3.05) is 0 Å². The molecule has 0 saturated heterocycles. The lowest BCUT2D eigenvalue weighted by molar-refractivity contribution is 0.587. The molecule has 25 heavy (non-hydrogen) atoms. The zero-order chi connectivity index (χ0) is 17.6. The van der Waals surface area contributed by atoms with Crippen LogP contribution in [0.2, 0.25) is 0 Å². The molecule has 3 aromatic rings. The molecular formula is C21H11F2NS. The largest absolute Gasteiger partial charge is 0.204 e. The lowest BCUT2D eigenvalue weighted by atomic mass is 10.0. The summed E-state index contributed by atoms with van der Waals surface area (Å²) in [5, 5.41) is 1.95. The van der Waals surface area contributed by atoms with Crippen molar-refractivity contribution < 1.29 is 8.78 Å². The van der Waals surface area contributed by atoms with E-state index >= 15 is 0 Å². The van der Waals surface area contributed by atoms with Crippen molar-refractivity contribution in [3.63, 3.8) is 0 Å². The summed E-state index contributed by atoms with van der Waals surface area (Å²) < 4.78 is 27.6. The van der Waals surface area contributed by atoms with E-state index in [9.17, 15) is 8.78 Å². The maximum atomic E-state index is 13.8. The molecule has 0 bridgehead atoms. The molecular weight excluding hydrogens is 336 g/mol. The molecule has 0 amide bonds. The predicted molar refractivity (Wildman–Crippen MR) is 98.9 cm³/mol. The summed E-state index contributed by atoms with van der Waals surface area (Å²) in [6.07, 6.45) is 0. The van der Waals surface area contributed by atoms with E-state index in [0.717, 1.165) is 28.8 Å². The molecule has 0 atom stereocenters. The smallest absolute Gasteiger partial charge is 0.153 e. The molecule has 0 unspecified atom stereocenters. The summed E-state index contributed by atoms with van der Waals surface area (Å²) in [4.78, 5) is 3.37. The van der Waals surface area contributed by atoms with Crippen LogP contribution in [0.1, 0.15) is 11.1 Å². The van der Waals surface area contributed by atoms with Crippen molar-refractivity contribution in [3.8, 4) is 23.0 Å². The number of rotatable bonds is 2. The van der Waals surface area contributed by atoms with Gasteiger partial charge in [-0.15, -0.1) is 0 Å². The van der Waals surface area contributed by atoms with Gasteiger partial charge in [0.15, 0.2) is 11.6 Å². The molecule has 4 heteroatoms. The predicted octanol–water partition coefficient (Wildman–Crippen LogP) is 5.77. The van der Waals surface area contributed by atoms with E-state index in [1.807, 2.05) is 59.8 Å². The van der Waals surface area contributed by atoms with Crippen molar-refractivity contribution in [1.29, 1.82) is 0 Å². The van der Waals surface area contributed by atoms with E-state index in [1.54, 1.807) is 0 Å². The van der Waals surface area contributed by atoms with E-state index in [-0.39, 0.29) is 5.56 Å². The lowest BCUT2D eigenvalue weighted by Crippen LogP contribution is -1.86. The van der Waals surface area contributed by atoms with Gasteiger partial charge in [0.1, 0.15) is 5.69 Å². The fraction of sp³-hybridized carbons (Fsp3) is 0. The Kier molecular flexibility index (Phi) is 5.11. The van der Waals surface area contributed by atoms with Crippen LogP contribution in [0.5, 0.6) is 0 Å². The molecule has 3 rings (SSSR count). The number of hydrogen-bond acceptors (Lipinski definition) is 2. The Bertz CT molecular complexity index is 986. The summed E-state index contributed by atoms with van der Waals surface area (Å²) in [5.74, 6) is 4.01. The summed E-state index contributed by atoms with van der Waals surface area (Å²) in [6.45, 7) is 0. The van der Waals surface area contributed by atoms with E-state index in [4.69, 9.17) is 0 Å². The topological polar surface area (TPSA) is 12.4 Å². The number of isothiocyanates is 1. The highest BCUT2D eigenvalue weighted by atomic mass is 32.1. The minimum atomic E-state index is -0.818. The van der Waals surface area contributed by atoms with Gasteiger partial charge in [-0.2, -0.15) is 4.99 Å². The molecule has 0 fully saturated rings.